The number of fused-ring (bicyclic) bond motifs is 1. The van der Waals surface area contributed by atoms with Crippen LogP contribution in [0.1, 0.15) is 42.0 Å². The lowest BCUT2D eigenvalue weighted by atomic mass is 10.0. The number of carbonyl (C=O) groups is 1. The number of thiocarbonyl (C=S) groups is 1. The molecule has 0 N–H and O–H groups in total. The molecule has 0 atom stereocenters. The fourth-order valence-electron chi connectivity index (χ4n) is 4.30. The number of benzene rings is 2. The Morgan fingerprint density at radius 2 is 1.82 bits per heavy atom. The lowest BCUT2D eigenvalue weighted by Crippen LogP contribution is -2.30. The summed E-state index contributed by atoms with van der Waals surface area (Å²) in [7, 11) is 0. The third kappa shape index (κ3) is 5.28. The molecule has 192 valence electrons. The number of nitrogens with zero attached hydrogens (tertiary/aromatic N) is 3. The van der Waals surface area contributed by atoms with E-state index in [1.165, 1.54) is 16.2 Å². The van der Waals surface area contributed by atoms with Gasteiger partial charge in [-0.05, 0) is 60.2 Å². The largest absolute Gasteiger partial charge is 0.438 e. The molecular formula is C30H27N3O3S2. The van der Waals surface area contributed by atoms with E-state index in [2.05, 4.69) is 18.8 Å². The standard InChI is InChI=1S/C30H27N3O3S2/c1-19(2)22-13-12-20(3)17-24(22)36-27-23(28(34)32-15-8-7-11-26(32)31-27)18-25-29(35)33(30(37)38-25)16-14-21-9-5-4-6-10-21/h4-13,15,17-19H,14,16H2,1-3H3/b25-18+. The highest BCUT2D eigenvalue weighted by atomic mass is 32.2. The van der Waals surface area contributed by atoms with Crippen molar-refractivity contribution in [2.24, 2.45) is 0 Å². The van der Waals surface area contributed by atoms with Gasteiger partial charge in [0.05, 0.1) is 4.91 Å². The minimum Gasteiger partial charge on any atom is -0.438 e. The van der Waals surface area contributed by atoms with E-state index in [4.69, 9.17) is 17.0 Å². The molecule has 3 heterocycles. The number of aryl methyl sites for hydroxylation is 1. The minimum absolute atomic E-state index is 0.156. The third-order valence-corrected chi connectivity index (χ3v) is 7.73. The maximum absolute atomic E-state index is 13.6. The molecule has 0 unspecified atom stereocenters. The predicted octanol–water partition coefficient (Wildman–Crippen LogP) is 6.36. The van der Waals surface area contributed by atoms with Gasteiger partial charge in [0.25, 0.3) is 11.5 Å². The molecule has 8 heteroatoms. The van der Waals surface area contributed by atoms with Crippen molar-refractivity contribution in [3.8, 4) is 11.6 Å². The molecule has 2 aromatic heterocycles. The van der Waals surface area contributed by atoms with Gasteiger partial charge in [0, 0.05) is 12.7 Å². The Labute approximate surface area is 231 Å². The van der Waals surface area contributed by atoms with Crippen molar-refractivity contribution >= 4 is 45.9 Å². The summed E-state index contributed by atoms with van der Waals surface area (Å²) in [6, 6.07) is 21.3. The maximum atomic E-state index is 13.6. The zero-order valence-electron chi connectivity index (χ0n) is 21.4. The Balaban J connectivity index is 1.55. The lowest BCUT2D eigenvalue weighted by molar-refractivity contribution is -0.122. The molecule has 0 saturated carbocycles. The molecule has 5 rings (SSSR count). The second-order valence-corrected chi connectivity index (χ2v) is 11.1. The summed E-state index contributed by atoms with van der Waals surface area (Å²) >= 11 is 6.72. The number of hydrogen-bond donors (Lipinski definition) is 0. The van der Waals surface area contributed by atoms with E-state index in [0.29, 0.717) is 33.6 Å². The van der Waals surface area contributed by atoms with Crippen LogP contribution in [0.2, 0.25) is 0 Å². The fourth-order valence-corrected chi connectivity index (χ4v) is 5.59. The number of hydrogen-bond acceptors (Lipinski definition) is 6. The van der Waals surface area contributed by atoms with E-state index in [1.807, 2.05) is 61.5 Å². The van der Waals surface area contributed by atoms with E-state index in [9.17, 15) is 9.59 Å². The van der Waals surface area contributed by atoms with E-state index in [1.54, 1.807) is 29.3 Å². The first-order valence-electron chi connectivity index (χ1n) is 12.4. The first-order valence-corrected chi connectivity index (χ1v) is 13.6. The number of ether oxygens (including phenoxy) is 1. The maximum Gasteiger partial charge on any atom is 0.269 e. The monoisotopic (exact) mass is 541 g/mol. The molecule has 1 aliphatic heterocycles. The van der Waals surface area contributed by atoms with Gasteiger partial charge in [0.1, 0.15) is 21.3 Å². The molecule has 1 aliphatic rings. The number of thioether (sulfide) groups is 1. The highest BCUT2D eigenvalue weighted by molar-refractivity contribution is 8.26. The van der Waals surface area contributed by atoms with Crippen molar-refractivity contribution in [3.63, 3.8) is 0 Å². The van der Waals surface area contributed by atoms with Crippen LogP contribution < -0.4 is 10.3 Å². The average molecular weight is 542 g/mol. The van der Waals surface area contributed by atoms with Crippen molar-refractivity contribution in [3.05, 3.63) is 110 Å². The summed E-state index contributed by atoms with van der Waals surface area (Å²) < 4.78 is 8.26. The predicted molar refractivity (Wildman–Crippen MR) is 157 cm³/mol. The Kier molecular flexibility index (Phi) is 7.44. The normalized spacial score (nSPS) is 14.7. The summed E-state index contributed by atoms with van der Waals surface area (Å²) in [4.78, 5) is 33.6. The average Bonchev–Trinajstić information content (AvgIpc) is 3.17. The van der Waals surface area contributed by atoms with E-state index in [0.717, 1.165) is 16.7 Å². The van der Waals surface area contributed by atoms with Crippen molar-refractivity contribution in [2.75, 3.05) is 6.54 Å². The van der Waals surface area contributed by atoms with Crippen molar-refractivity contribution in [2.45, 2.75) is 33.1 Å². The van der Waals surface area contributed by atoms with E-state index < -0.39 is 0 Å². The summed E-state index contributed by atoms with van der Waals surface area (Å²) in [5.74, 6) is 0.773. The molecule has 2 aromatic carbocycles. The number of aromatic nitrogens is 2. The summed E-state index contributed by atoms with van der Waals surface area (Å²) in [5, 5.41) is 0. The molecule has 0 aliphatic carbocycles. The Morgan fingerprint density at radius 3 is 2.58 bits per heavy atom. The van der Waals surface area contributed by atoms with Crippen molar-refractivity contribution in [1.29, 1.82) is 0 Å². The third-order valence-electron chi connectivity index (χ3n) is 6.35. The van der Waals surface area contributed by atoms with Crippen LogP contribution in [0.25, 0.3) is 11.7 Å². The van der Waals surface area contributed by atoms with Crippen molar-refractivity contribution < 1.29 is 9.53 Å². The Hall–Kier alpha value is -3.75. The number of amides is 1. The molecule has 1 saturated heterocycles. The Bertz CT molecular complexity index is 1630. The number of rotatable bonds is 7. The van der Waals surface area contributed by atoms with Crippen LogP contribution in [0.15, 0.2) is 82.6 Å². The topological polar surface area (TPSA) is 63.9 Å². The summed E-state index contributed by atoms with van der Waals surface area (Å²) in [6.45, 7) is 6.62. The van der Waals surface area contributed by atoms with Gasteiger partial charge in [-0.25, -0.2) is 0 Å². The van der Waals surface area contributed by atoms with Gasteiger partial charge in [-0.1, -0.05) is 86.4 Å². The zero-order chi connectivity index (χ0) is 26.8. The van der Waals surface area contributed by atoms with Crippen LogP contribution in [0.3, 0.4) is 0 Å². The molecule has 0 radical (unpaired) electrons. The molecule has 0 bridgehead atoms. The van der Waals surface area contributed by atoms with Gasteiger partial charge in [0.15, 0.2) is 0 Å². The van der Waals surface area contributed by atoms with Crippen LogP contribution in [0.4, 0.5) is 0 Å². The lowest BCUT2D eigenvalue weighted by Gasteiger charge is -2.16. The molecule has 0 spiro atoms. The number of carbonyl (C=O) groups excluding carboxylic acids is 1. The number of pyridine rings is 1. The van der Waals surface area contributed by atoms with Crippen LogP contribution >= 0.6 is 24.0 Å². The van der Waals surface area contributed by atoms with Crippen LogP contribution in [0, 0.1) is 6.92 Å². The van der Waals surface area contributed by atoms with E-state index >= 15 is 0 Å². The second kappa shape index (κ2) is 10.9. The summed E-state index contributed by atoms with van der Waals surface area (Å²) in [5.41, 5.74) is 3.50. The first kappa shape index (κ1) is 25.9. The van der Waals surface area contributed by atoms with Gasteiger partial charge in [0.2, 0.25) is 5.88 Å². The van der Waals surface area contributed by atoms with Crippen molar-refractivity contribution in [1.82, 2.24) is 14.3 Å². The van der Waals surface area contributed by atoms with Crippen LogP contribution in [-0.4, -0.2) is 31.1 Å². The molecule has 1 fully saturated rings. The van der Waals surface area contributed by atoms with E-state index in [-0.39, 0.29) is 28.8 Å². The fraction of sp³-hybridized carbons (Fsp3) is 0.200. The molecule has 1 amide bonds. The first-order chi connectivity index (χ1) is 18.3. The van der Waals surface area contributed by atoms with Gasteiger partial charge in [-0.2, -0.15) is 4.98 Å². The van der Waals surface area contributed by atoms with Gasteiger partial charge in [-0.15, -0.1) is 0 Å². The molecule has 4 aromatic rings. The van der Waals surface area contributed by atoms with Gasteiger partial charge < -0.3 is 4.74 Å². The summed E-state index contributed by atoms with van der Waals surface area (Å²) in [6.07, 6.45) is 3.90. The minimum atomic E-state index is -0.320. The van der Waals surface area contributed by atoms with Gasteiger partial charge >= 0.3 is 0 Å². The highest BCUT2D eigenvalue weighted by Crippen LogP contribution is 2.36. The Morgan fingerprint density at radius 1 is 1.05 bits per heavy atom. The molecule has 6 nitrogen and oxygen atoms in total. The second-order valence-electron chi connectivity index (χ2n) is 9.43. The smallest absolute Gasteiger partial charge is 0.269 e. The SMILES string of the molecule is Cc1ccc(C(C)C)c(Oc2nc3ccccn3c(=O)c2/C=C2/SC(=S)N(CCc3ccccc3)C2=O)c1. The quantitative estimate of drug-likeness (QED) is 0.200. The van der Waals surface area contributed by atoms with Crippen LogP contribution in [0.5, 0.6) is 11.6 Å². The zero-order valence-corrected chi connectivity index (χ0v) is 23.0. The molecule has 38 heavy (non-hydrogen) atoms. The van der Waals surface area contributed by atoms with Crippen LogP contribution in [-0.2, 0) is 11.2 Å². The molecular weight excluding hydrogens is 514 g/mol. The van der Waals surface area contributed by atoms with Gasteiger partial charge in [-0.3, -0.25) is 18.9 Å². The highest BCUT2D eigenvalue weighted by Gasteiger charge is 2.32.